The van der Waals surface area contributed by atoms with Gasteiger partial charge in [0.15, 0.2) is 0 Å². The second-order valence-corrected chi connectivity index (χ2v) is 8.92. The van der Waals surface area contributed by atoms with Gasteiger partial charge in [-0.05, 0) is 74.6 Å². The Kier molecular flexibility index (Phi) is 6.31. The van der Waals surface area contributed by atoms with E-state index in [9.17, 15) is 13.2 Å². The molecule has 0 unspecified atom stereocenters. The summed E-state index contributed by atoms with van der Waals surface area (Å²) in [5.74, 6) is -0.337. The Labute approximate surface area is 162 Å². The van der Waals surface area contributed by atoms with Crippen LogP contribution >= 0.6 is 0 Å². The topological polar surface area (TPSA) is 66.5 Å². The van der Waals surface area contributed by atoms with Crippen molar-refractivity contribution in [1.29, 1.82) is 0 Å². The molecule has 1 atom stereocenters. The molecule has 0 aliphatic carbocycles. The normalized spacial score (nSPS) is 12.5. The minimum atomic E-state index is -3.65. The average molecular weight is 389 g/mol. The van der Waals surface area contributed by atoms with E-state index in [0.29, 0.717) is 17.8 Å². The number of sulfonamides is 1. The molecule has 0 aliphatic heterocycles. The van der Waals surface area contributed by atoms with Crippen molar-refractivity contribution in [2.24, 2.45) is 0 Å². The quantitative estimate of drug-likeness (QED) is 0.810. The van der Waals surface area contributed by atoms with Crippen LogP contribution in [-0.4, -0.2) is 26.6 Å². The summed E-state index contributed by atoms with van der Waals surface area (Å²) in [4.78, 5) is 13.0. The molecule has 27 heavy (non-hydrogen) atoms. The molecule has 0 spiro atoms. The van der Waals surface area contributed by atoms with Gasteiger partial charge in [0.05, 0.1) is 11.9 Å². The lowest BCUT2D eigenvalue weighted by molar-refractivity contribution is -0.117. The van der Waals surface area contributed by atoms with E-state index in [1.807, 2.05) is 58.9 Å². The van der Waals surface area contributed by atoms with Crippen LogP contribution in [0.1, 0.15) is 35.6 Å². The number of hydrogen-bond donors (Lipinski definition) is 1. The molecule has 1 amide bonds. The van der Waals surface area contributed by atoms with Crippen LogP contribution in [0.3, 0.4) is 0 Å². The first-order valence-corrected chi connectivity index (χ1v) is 10.8. The molecule has 0 radical (unpaired) electrons. The monoisotopic (exact) mass is 388 g/mol. The van der Waals surface area contributed by atoms with E-state index in [0.717, 1.165) is 28.5 Å². The fourth-order valence-corrected chi connectivity index (χ4v) is 4.44. The van der Waals surface area contributed by atoms with Crippen molar-refractivity contribution >= 4 is 27.3 Å². The van der Waals surface area contributed by atoms with Gasteiger partial charge >= 0.3 is 0 Å². The lowest BCUT2D eigenvalue weighted by Gasteiger charge is -2.30. The second kappa shape index (κ2) is 8.13. The average Bonchev–Trinajstić information content (AvgIpc) is 2.54. The third-order valence-electron chi connectivity index (χ3n) is 4.65. The zero-order valence-corrected chi connectivity index (χ0v) is 17.6. The van der Waals surface area contributed by atoms with Crippen LogP contribution in [0.4, 0.5) is 11.4 Å². The highest BCUT2D eigenvalue weighted by Gasteiger charge is 2.32. The summed E-state index contributed by atoms with van der Waals surface area (Å²) < 4.78 is 26.4. The van der Waals surface area contributed by atoms with Crippen molar-refractivity contribution in [1.82, 2.24) is 0 Å². The molecule has 0 fully saturated rings. The number of nitrogens with one attached hydrogen (secondary N) is 1. The van der Waals surface area contributed by atoms with E-state index < -0.39 is 16.1 Å². The molecule has 0 aliphatic rings. The molecule has 2 aromatic rings. The Morgan fingerprint density at radius 2 is 1.67 bits per heavy atom. The molecule has 146 valence electrons. The molecule has 2 rings (SSSR count). The summed E-state index contributed by atoms with van der Waals surface area (Å²) in [6.07, 6.45) is 1.50. The predicted octanol–water partition coefficient (Wildman–Crippen LogP) is 4.10. The Morgan fingerprint density at radius 1 is 1.07 bits per heavy atom. The summed E-state index contributed by atoms with van der Waals surface area (Å²) in [6.45, 7) is 9.54. The van der Waals surface area contributed by atoms with E-state index in [1.54, 1.807) is 12.1 Å². The number of anilines is 2. The second-order valence-electron chi connectivity index (χ2n) is 7.07. The summed E-state index contributed by atoms with van der Waals surface area (Å²) >= 11 is 0. The molecule has 0 heterocycles. The number of carbonyl (C=O) groups excluding carboxylic acids is 1. The maximum absolute atomic E-state index is 13.0. The molecule has 0 saturated heterocycles. The molecule has 2 aromatic carbocycles. The standard InChI is InChI=1S/C21H28N2O3S/c1-7-20(21(24)22-19-10-8-9-16(4)17(19)5)23(27(6,25)26)18-12-14(2)11-15(3)13-18/h8-13,20H,7H2,1-6H3,(H,22,24)/t20-/m0/s1. The highest BCUT2D eigenvalue weighted by Crippen LogP contribution is 2.26. The van der Waals surface area contributed by atoms with E-state index in [4.69, 9.17) is 0 Å². The molecule has 0 aromatic heterocycles. The third-order valence-corrected chi connectivity index (χ3v) is 5.83. The lowest BCUT2D eigenvalue weighted by Crippen LogP contribution is -2.47. The summed E-state index contributed by atoms with van der Waals surface area (Å²) in [7, 11) is -3.65. The van der Waals surface area contributed by atoms with Crippen molar-refractivity contribution < 1.29 is 13.2 Å². The van der Waals surface area contributed by atoms with Crippen LogP contribution in [0, 0.1) is 27.7 Å². The zero-order valence-electron chi connectivity index (χ0n) is 16.8. The molecule has 1 N–H and O–H groups in total. The largest absolute Gasteiger partial charge is 0.324 e. The minimum absolute atomic E-state index is 0.337. The number of rotatable bonds is 6. The van der Waals surface area contributed by atoms with Crippen LogP contribution in [0.15, 0.2) is 36.4 Å². The van der Waals surface area contributed by atoms with Gasteiger partial charge in [-0.1, -0.05) is 25.1 Å². The number of hydrogen-bond acceptors (Lipinski definition) is 3. The van der Waals surface area contributed by atoms with Crippen molar-refractivity contribution in [2.75, 3.05) is 15.9 Å². The van der Waals surface area contributed by atoms with Gasteiger partial charge in [0.2, 0.25) is 15.9 Å². The number of nitrogens with zero attached hydrogens (tertiary/aromatic N) is 1. The molecule has 0 bridgehead atoms. The smallest absolute Gasteiger partial charge is 0.248 e. The minimum Gasteiger partial charge on any atom is -0.324 e. The molecule has 0 saturated carbocycles. The van der Waals surface area contributed by atoms with E-state index in [1.165, 1.54) is 4.31 Å². The van der Waals surface area contributed by atoms with Gasteiger partial charge < -0.3 is 5.32 Å². The van der Waals surface area contributed by atoms with Crippen molar-refractivity contribution in [3.63, 3.8) is 0 Å². The molecular formula is C21H28N2O3S. The fourth-order valence-electron chi connectivity index (χ4n) is 3.24. The van der Waals surface area contributed by atoms with Gasteiger partial charge in [-0.2, -0.15) is 0 Å². The number of carbonyl (C=O) groups is 1. The Morgan fingerprint density at radius 3 is 2.19 bits per heavy atom. The summed E-state index contributed by atoms with van der Waals surface area (Å²) in [6, 6.07) is 10.4. The van der Waals surface area contributed by atoms with Crippen LogP contribution in [0.5, 0.6) is 0 Å². The lowest BCUT2D eigenvalue weighted by atomic mass is 10.1. The van der Waals surface area contributed by atoms with Crippen LogP contribution in [0.2, 0.25) is 0 Å². The Balaban J connectivity index is 2.46. The van der Waals surface area contributed by atoms with Crippen LogP contribution in [0.25, 0.3) is 0 Å². The fraction of sp³-hybridized carbons (Fsp3) is 0.381. The third kappa shape index (κ3) is 4.89. The van der Waals surface area contributed by atoms with E-state index in [2.05, 4.69) is 5.32 Å². The first-order valence-electron chi connectivity index (χ1n) is 8.99. The maximum atomic E-state index is 13.0. The van der Waals surface area contributed by atoms with Gasteiger partial charge in [-0.3, -0.25) is 9.10 Å². The Hall–Kier alpha value is -2.34. The Bertz CT molecular complexity index is 932. The SMILES string of the molecule is CC[C@@H](C(=O)Nc1cccc(C)c1C)N(c1cc(C)cc(C)c1)S(C)(=O)=O. The number of benzene rings is 2. The van der Waals surface area contributed by atoms with Gasteiger partial charge in [-0.15, -0.1) is 0 Å². The first kappa shape index (κ1) is 21.0. The van der Waals surface area contributed by atoms with Crippen molar-refractivity contribution in [2.45, 2.75) is 47.1 Å². The first-order chi connectivity index (χ1) is 12.5. The van der Waals surface area contributed by atoms with Crippen LogP contribution < -0.4 is 9.62 Å². The zero-order chi connectivity index (χ0) is 20.4. The van der Waals surface area contributed by atoms with Gasteiger partial charge in [0.25, 0.3) is 0 Å². The van der Waals surface area contributed by atoms with Gasteiger partial charge in [0.1, 0.15) is 6.04 Å². The molecule has 5 nitrogen and oxygen atoms in total. The van der Waals surface area contributed by atoms with Gasteiger partial charge in [-0.25, -0.2) is 8.42 Å². The number of aryl methyl sites for hydroxylation is 3. The van der Waals surface area contributed by atoms with Crippen molar-refractivity contribution in [3.8, 4) is 0 Å². The van der Waals surface area contributed by atoms with Crippen molar-refractivity contribution in [3.05, 3.63) is 58.7 Å². The summed E-state index contributed by atoms with van der Waals surface area (Å²) in [5, 5.41) is 2.91. The van der Waals surface area contributed by atoms with Gasteiger partial charge in [0, 0.05) is 5.69 Å². The molecular weight excluding hydrogens is 360 g/mol. The molecule has 6 heteroatoms. The van der Waals surface area contributed by atoms with E-state index in [-0.39, 0.29) is 5.91 Å². The summed E-state index contributed by atoms with van der Waals surface area (Å²) in [5.41, 5.74) is 5.14. The number of amides is 1. The highest BCUT2D eigenvalue weighted by atomic mass is 32.2. The maximum Gasteiger partial charge on any atom is 0.248 e. The highest BCUT2D eigenvalue weighted by molar-refractivity contribution is 7.92. The van der Waals surface area contributed by atoms with Crippen LogP contribution in [-0.2, 0) is 14.8 Å². The van der Waals surface area contributed by atoms with E-state index >= 15 is 0 Å². The predicted molar refractivity (Wildman–Crippen MR) is 112 cm³/mol.